The minimum absolute atomic E-state index is 0.0326. The Labute approximate surface area is 205 Å². The van der Waals surface area contributed by atoms with Crippen LogP contribution < -0.4 is 4.74 Å². The molecule has 7 nitrogen and oxygen atoms in total. The van der Waals surface area contributed by atoms with Crippen LogP contribution in [0.15, 0.2) is 47.0 Å². The number of carbonyl (C=O) groups is 1. The minimum Gasteiger partial charge on any atom is -0.497 e. The molecule has 1 aliphatic heterocycles. The van der Waals surface area contributed by atoms with Crippen LogP contribution in [0.2, 0.25) is 0 Å². The molecule has 1 unspecified atom stereocenters. The van der Waals surface area contributed by atoms with E-state index in [9.17, 15) is 4.79 Å². The number of rotatable bonds is 6. The number of nitrogens with zero attached hydrogens (tertiary/aromatic N) is 4. The van der Waals surface area contributed by atoms with Gasteiger partial charge < -0.3 is 14.1 Å². The van der Waals surface area contributed by atoms with E-state index in [1.807, 2.05) is 47.7 Å². The zero-order valence-electron chi connectivity index (χ0n) is 21.0. The van der Waals surface area contributed by atoms with Crippen molar-refractivity contribution in [3.8, 4) is 17.0 Å². The van der Waals surface area contributed by atoms with E-state index in [4.69, 9.17) is 14.1 Å². The van der Waals surface area contributed by atoms with Crippen molar-refractivity contribution >= 4 is 16.9 Å². The normalized spacial score (nSPS) is 15.9. The molecule has 0 radical (unpaired) electrons. The van der Waals surface area contributed by atoms with Crippen LogP contribution in [0.3, 0.4) is 0 Å². The van der Waals surface area contributed by atoms with Gasteiger partial charge in [-0.25, -0.2) is 9.67 Å². The summed E-state index contributed by atoms with van der Waals surface area (Å²) >= 11 is 0. The van der Waals surface area contributed by atoms with Crippen LogP contribution in [0, 0.1) is 13.8 Å². The fourth-order valence-corrected chi connectivity index (χ4v) is 5.14. The van der Waals surface area contributed by atoms with Crippen molar-refractivity contribution in [3.05, 3.63) is 65.2 Å². The van der Waals surface area contributed by atoms with Gasteiger partial charge in [-0.1, -0.05) is 12.1 Å². The molecule has 0 saturated carbocycles. The molecule has 0 aliphatic carbocycles. The Morgan fingerprint density at radius 3 is 2.77 bits per heavy atom. The fraction of sp³-hybridized carbons (Fsp3) is 0.393. The highest BCUT2D eigenvalue weighted by Crippen LogP contribution is 2.32. The number of furan rings is 1. The Morgan fingerprint density at radius 1 is 1.23 bits per heavy atom. The maximum absolute atomic E-state index is 14.1. The lowest BCUT2D eigenvalue weighted by atomic mass is 10.0. The lowest BCUT2D eigenvalue weighted by molar-refractivity contribution is 0.0738. The number of aryl methyl sites for hydroxylation is 2. The van der Waals surface area contributed by atoms with Crippen LogP contribution >= 0.6 is 0 Å². The lowest BCUT2D eigenvalue weighted by Crippen LogP contribution is -2.37. The summed E-state index contributed by atoms with van der Waals surface area (Å²) < 4.78 is 13.1. The molecular formula is C28H32N4O3. The second-order valence-electron chi connectivity index (χ2n) is 9.65. The Hall–Kier alpha value is -3.61. The van der Waals surface area contributed by atoms with Crippen LogP contribution in [0.5, 0.6) is 5.75 Å². The third kappa shape index (κ3) is 4.31. The largest absolute Gasteiger partial charge is 0.497 e. The molecule has 1 aliphatic rings. The third-order valence-corrected chi connectivity index (χ3v) is 6.85. The molecule has 1 atom stereocenters. The molecule has 4 heterocycles. The number of pyridine rings is 1. The maximum atomic E-state index is 14.1. The van der Waals surface area contributed by atoms with Crippen LogP contribution in [0.25, 0.3) is 22.3 Å². The topological polar surface area (TPSA) is 73.4 Å². The van der Waals surface area contributed by atoms with Gasteiger partial charge >= 0.3 is 0 Å². The van der Waals surface area contributed by atoms with Crippen molar-refractivity contribution in [2.24, 2.45) is 0 Å². The Balaban J connectivity index is 1.56. The fourth-order valence-electron chi connectivity index (χ4n) is 5.14. The van der Waals surface area contributed by atoms with E-state index in [0.29, 0.717) is 5.56 Å². The summed E-state index contributed by atoms with van der Waals surface area (Å²) in [7, 11) is 1.68. The first-order chi connectivity index (χ1) is 16.9. The van der Waals surface area contributed by atoms with E-state index in [0.717, 1.165) is 65.4 Å². The molecule has 0 bridgehead atoms. The number of benzene rings is 1. The Morgan fingerprint density at radius 2 is 2.06 bits per heavy atom. The zero-order chi connectivity index (χ0) is 24.7. The lowest BCUT2D eigenvalue weighted by Gasteiger charge is -2.25. The third-order valence-electron chi connectivity index (χ3n) is 6.85. The number of hydrogen-bond donors (Lipinski definition) is 0. The molecule has 0 spiro atoms. The Bertz CT molecular complexity index is 1380. The number of methoxy groups -OCH3 is 1. The van der Waals surface area contributed by atoms with Gasteiger partial charge in [-0.15, -0.1) is 0 Å². The van der Waals surface area contributed by atoms with Crippen LogP contribution in [0.1, 0.15) is 60.2 Å². The standard InChI is InChI=1S/C28H32N4O3/c1-17(2)32-27-25(16-29-32)24(15-26(30-27)23-12-18(3)35-19(23)4)28(33)31-11-7-9-21(31)13-20-8-6-10-22(14-20)34-5/h6,8,10,12,14-17,21H,7,9,11,13H2,1-5H3. The highest BCUT2D eigenvalue weighted by molar-refractivity contribution is 6.06. The summed E-state index contributed by atoms with van der Waals surface area (Å²) in [6.45, 7) is 8.74. The van der Waals surface area contributed by atoms with E-state index < -0.39 is 0 Å². The highest BCUT2D eigenvalue weighted by Gasteiger charge is 2.32. The molecule has 182 valence electrons. The van der Waals surface area contributed by atoms with Gasteiger partial charge in [-0.05, 0) is 76.8 Å². The molecule has 1 amide bonds. The zero-order valence-corrected chi connectivity index (χ0v) is 21.0. The molecule has 35 heavy (non-hydrogen) atoms. The number of hydrogen-bond acceptors (Lipinski definition) is 5. The second-order valence-corrected chi connectivity index (χ2v) is 9.65. The molecular weight excluding hydrogens is 440 g/mol. The molecule has 4 aromatic rings. The first-order valence-corrected chi connectivity index (χ1v) is 12.2. The van der Waals surface area contributed by atoms with Gasteiger partial charge in [0.05, 0.1) is 30.0 Å². The molecule has 1 saturated heterocycles. The van der Waals surface area contributed by atoms with E-state index in [1.54, 1.807) is 13.3 Å². The summed E-state index contributed by atoms with van der Waals surface area (Å²) in [5, 5.41) is 5.37. The van der Waals surface area contributed by atoms with Crippen molar-refractivity contribution in [1.29, 1.82) is 0 Å². The monoisotopic (exact) mass is 472 g/mol. The molecule has 1 aromatic carbocycles. The predicted octanol–water partition coefficient (Wildman–Crippen LogP) is 5.74. The summed E-state index contributed by atoms with van der Waals surface area (Å²) in [6.07, 6.45) is 4.55. The second kappa shape index (κ2) is 9.21. The van der Waals surface area contributed by atoms with E-state index in [1.165, 1.54) is 5.56 Å². The summed E-state index contributed by atoms with van der Waals surface area (Å²) in [6, 6.07) is 12.3. The summed E-state index contributed by atoms with van der Waals surface area (Å²) in [5.74, 6) is 2.49. The van der Waals surface area contributed by atoms with Crippen molar-refractivity contribution in [3.63, 3.8) is 0 Å². The smallest absolute Gasteiger partial charge is 0.254 e. The van der Waals surface area contributed by atoms with Gasteiger partial charge in [0.15, 0.2) is 5.65 Å². The van der Waals surface area contributed by atoms with E-state index in [2.05, 4.69) is 31.1 Å². The molecule has 5 rings (SSSR count). The van der Waals surface area contributed by atoms with Crippen molar-refractivity contribution in [2.45, 2.75) is 59.0 Å². The number of fused-ring (bicyclic) bond motifs is 1. The minimum atomic E-state index is 0.0326. The first-order valence-electron chi connectivity index (χ1n) is 12.2. The van der Waals surface area contributed by atoms with Crippen molar-refractivity contribution < 1.29 is 13.9 Å². The summed E-state index contributed by atoms with van der Waals surface area (Å²) in [4.78, 5) is 21.0. The van der Waals surface area contributed by atoms with E-state index in [-0.39, 0.29) is 18.0 Å². The summed E-state index contributed by atoms with van der Waals surface area (Å²) in [5.41, 5.74) is 4.19. The number of ether oxygens (including phenoxy) is 1. The predicted molar refractivity (Wildman–Crippen MR) is 136 cm³/mol. The quantitative estimate of drug-likeness (QED) is 0.357. The molecule has 7 heteroatoms. The van der Waals surface area contributed by atoms with Gasteiger partial charge in [0, 0.05) is 24.2 Å². The van der Waals surface area contributed by atoms with Gasteiger partial charge in [0.25, 0.3) is 5.91 Å². The van der Waals surface area contributed by atoms with Gasteiger partial charge in [-0.3, -0.25) is 4.79 Å². The Kier molecular flexibility index (Phi) is 6.09. The number of amides is 1. The SMILES string of the molecule is COc1cccc(CC2CCCN2C(=O)c2cc(-c3cc(C)oc3C)nc3c2cnn3C(C)C)c1. The van der Waals surface area contributed by atoms with Crippen LogP contribution in [-0.2, 0) is 6.42 Å². The number of carbonyl (C=O) groups excluding carboxylic acids is 1. The van der Waals surface area contributed by atoms with Crippen LogP contribution in [0.4, 0.5) is 0 Å². The van der Waals surface area contributed by atoms with E-state index >= 15 is 0 Å². The average Bonchev–Trinajstić information content (AvgIpc) is 3.56. The van der Waals surface area contributed by atoms with Gasteiger partial charge in [0.2, 0.25) is 0 Å². The van der Waals surface area contributed by atoms with Crippen molar-refractivity contribution in [1.82, 2.24) is 19.7 Å². The highest BCUT2D eigenvalue weighted by atomic mass is 16.5. The molecule has 0 N–H and O–H groups in total. The van der Waals surface area contributed by atoms with Gasteiger partial charge in [-0.2, -0.15) is 5.10 Å². The maximum Gasteiger partial charge on any atom is 0.254 e. The number of aromatic nitrogens is 3. The molecule has 3 aromatic heterocycles. The number of likely N-dealkylation sites (tertiary alicyclic amines) is 1. The first kappa shape index (κ1) is 23.1. The molecule has 1 fully saturated rings. The van der Waals surface area contributed by atoms with Crippen molar-refractivity contribution in [2.75, 3.05) is 13.7 Å². The average molecular weight is 473 g/mol. The van der Waals surface area contributed by atoms with Crippen LogP contribution in [-0.4, -0.2) is 45.3 Å². The van der Waals surface area contributed by atoms with Gasteiger partial charge in [0.1, 0.15) is 17.3 Å².